The van der Waals surface area contributed by atoms with Gasteiger partial charge in [0.05, 0.1) is 34.7 Å². The topological polar surface area (TPSA) is 96.7 Å². The van der Waals surface area contributed by atoms with Gasteiger partial charge in [0.25, 0.3) is 0 Å². The quantitative estimate of drug-likeness (QED) is 0.568. The number of thiazole rings is 1. The first-order chi connectivity index (χ1) is 15.9. The molecule has 1 saturated carbocycles. The second-order valence-corrected chi connectivity index (χ2v) is 12.2. The van der Waals surface area contributed by atoms with E-state index in [1.54, 1.807) is 32.1 Å². The zero-order valence-corrected chi connectivity index (χ0v) is 22.2. The summed E-state index contributed by atoms with van der Waals surface area (Å²) in [4.78, 5) is 30.6. The van der Waals surface area contributed by atoms with Crippen LogP contribution in [-0.4, -0.2) is 45.3 Å². The summed E-state index contributed by atoms with van der Waals surface area (Å²) in [7, 11) is 0. The molecule has 3 rings (SSSR count). The number of cyclic esters (lactones) is 1. The van der Waals surface area contributed by atoms with Gasteiger partial charge < -0.3 is 14.9 Å². The second kappa shape index (κ2) is 11.0. The molecule has 1 aliphatic heterocycles. The number of fused-ring (bicyclic) bond motifs is 1. The summed E-state index contributed by atoms with van der Waals surface area (Å²) in [5, 5.41) is 24.6. The molecule has 1 saturated heterocycles. The van der Waals surface area contributed by atoms with Gasteiger partial charge in [-0.1, -0.05) is 40.5 Å². The molecule has 0 amide bonds. The first-order valence-corrected chi connectivity index (χ1v) is 13.5. The number of hydrogen-bond acceptors (Lipinski definition) is 7. The van der Waals surface area contributed by atoms with Crippen LogP contribution < -0.4 is 0 Å². The molecule has 1 aromatic rings. The predicted octanol–water partition coefficient (Wildman–Crippen LogP) is 4.96. The summed E-state index contributed by atoms with van der Waals surface area (Å²) in [6.07, 6.45) is 4.23. The molecule has 0 spiro atoms. The highest BCUT2D eigenvalue weighted by molar-refractivity contribution is 7.09. The Balaban J connectivity index is 1.81. The number of carbonyl (C=O) groups is 2. The van der Waals surface area contributed by atoms with E-state index in [9.17, 15) is 19.8 Å². The Bertz CT molecular complexity index is 907. The van der Waals surface area contributed by atoms with Crippen LogP contribution in [0.1, 0.15) is 83.8 Å². The van der Waals surface area contributed by atoms with Crippen molar-refractivity contribution in [3.05, 3.63) is 21.7 Å². The summed E-state index contributed by atoms with van der Waals surface area (Å²) < 4.78 is 5.90. The van der Waals surface area contributed by atoms with Crippen molar-refractivity contribution in [1.29, 1.82) is 0 Å². The van der Waals surface area contributed by atoms with Crippen molar-refractivity contribution in [2.75, 3.05) is 0 Å². The number of rotatable bonds is 2. The van der Waals surface area contributed by atoms with Gasteiger partial charge in [-0.3, -0.25) is 9.59 Å². The van der Waals surface area contributed by atoms with E-state index in [0.29, 0.717) is 11.8 Å². The van der Waals surface area contributed by atoms with Crippen molar-refractivity contribution in [1.82, 2.24) is 4.98 Å². The van der Waals surface area contributed by atoms with Crippen molar-refractivity contribution in [2.24, 2.45) is 29.1 Å². The number of nitrogens with zero attached hydrogens (tertiary/aromatic N) is 1. The smallest absolute Gasteiger partial charge is 0.309 e. The van der Waals surface area contributed by atoms with Crippen LogP contribution in [0, 0.1) is 36.0 Å². The number of aryl methyl sites for hydroxylation is 1. The van der Waals surface area contributed by atoms with Gasteiger partial charge in [0.2, 0.25) is 0 Å². The molecule has 1 unspecified atom stereocenters. The van der Waals surface area contributed by atoms with Crippen LogP contribution in [0.5, 0.6) is 0 Å². The highest BCUT2D eigenvalue weighted by Gasteiger charge is 2.43. The van der Waals surface area contributed by atoms with E-state index in [1.807, 2.05) is 32.2 Å². The molecule has 2 aliphatic rings. The molecule has 0 bridgehead atoms. The van der Waals surface area contributed by atoms with Gasteiger partial charge in [-0.25, -0.2) is 4.98 Å². The third-order valence-corrected chi connectivity index (χ3v) is 8.74. The molecule has 6 nitrogen and oxygen atoms in total. The second-order valence-electron chi connectivity index (χ2n) is 11.1. The molecule has 2 heterocycles. The fraction of sp³-hybridized carbons (Fsp3) is 0.741. The molecular weight excluding hydrogens is 450 g/mol. The number of aromatic nitrogens is 1. The molecule has 7 atom stereocenters. The number of aliphatic hydroxyl groups is 2. The van der Waals surface area contributed by atoms with Crippen LogP contribution in [0.15, 0.2) is 11.0 Å². The molecule has 0 aromatic carbocycles. The number of carbonyl (C=O) groups excluding carboxylic acids is 2. The summed E-state index contributed by atoms with van der Waals surface area (Å²) in [6, 6.07) is 0. The number of ether oxygens (including phenoxy) is 1. The number of hydrogen-bond donors (Lipinski definition) is 2. The minimum Gasteiger partial charge on any atom is -0.458 e. The standard InChI is InChI=1S/C27H41NO5S/c1-15-8-7-9-19-11-20(19)12-22(16(2)10-21-14-34-18(4)28-21)33-24(30)13-23(29)27(5,6)26(32)17(3)25(15)31/h10,14-15,17,19-20,22-23,25,29,31H,7-9,11-13H2,1-6H3/b16-10+/t15-,17+,19+,20-,22?,23-,25-/m0/s1. The van der Waals surface area contributed by atoms with Crippen LogP contribution in [0.25, 0.3) is 6.08 Å². The van der Waals surface area contributed by atoms with Crippen molar-refractivity contribution in [3.8, 4) is 0 Å². The van der Waals surface area contributed by atoms with Gasteiger partial charge in [-0.2, -0.15) is 0 Å². The Morgan fingerprint density at radius 3 is 2.53 bits per heavy atom. The van der Waals surface area contributed by atoms with Crippen LogP contribution in [-0.2, 0) is 14.3 Å². The largest absolute Gasteiger partial charge is 0.458 e. The third kappa shape index (κ3) is 6.55. The average Bonchev–Trinajstić information content (AvgIpc) is 3.38. The molecule has 2 N–H and O–H groups in total. The van der Waals surface area contributed by atoms with Crippen molar-refractivity contribution < 1.29 is 24.5 Å². The van der Waals surface area contributed by atoms with E-state index in [0.717, 1.165) is 48.4 Å². The molecule has 34 heavy (non-hydrogen) atoms. The molecular formula is C27H41NO5S. The Labute approximate surface area is 207 Å². The molecule has 1 aromatic heterocycles. The summed E-state index contributed by atoms with van der Waals surface area (Å²) in [6.45, 7) is 10.9. The van der Waals surface area contributed by atoms with Gasteiger partial charge in [0, 0.05) is 11.3 Å². The van der Waals surface area contributed by atoms with Crippen LogP contribution >= 0.6 is 11.3 Å². The van der Waals surface area contributed by atoms with E-state index >= 15 is 0 Å². The van der Waals surface area contributed by atoms with E-state index < -0.39 is 29.5 Å². The monoisotopic (exact) mass is 491 g/mol. The average molecular weight is 492 g/mol. The summed E-state index contributed by atoms with van der Waals surface area (Å²) in [5.74, 6) is -0.234. The van der Waals surface area contributed by atoms with Gasteiger partial charge in [0.15, 0.2) is 0 Å². The van der Waals surface area contributed by atoms with Crippen LogP contribution in [0.3, 0.4) is 0 Å². The lowest BCUT2D eigenvalue weighted by Crippen LogP contribution is -2.45. The van der Waals surface area contributed by atoms with Gasteiger partial charge in [0.1, 0.15) is 11.9 Å². The maximum atomic E-state index is 13.2. The Kier molecular flexibility index (Phi) is 8.75. The first kappa shape index (κ1) is 27.0. The Hall–Kier alpha value is -1.57. The highest BCUT2D eigenvalue weighted by atomic mass is 32.1. The summed E-state index contributed by atoms with van der Waals surface area (Å²) >= 11 is 1.58. The van der Waals surface area contributed by atoms with Crippen molar-refractivity contribution >= 4 is 29.2 Å². The first-order valence-electron chi connectivity index (χ1n) is 12.6. The lowest BCUT2D eigenvalue weighted by Gasteiger charge is -2.34. The number of esters is 1. The minimum absolute atomic E-state index is 0.00135. The van der Waals surface area contributed by atoms with E-state index in [1.165, 1.54) is 0 Å². The molecule has 2 fully saturated rings. The van der Waals surface area contributed by atoms with Gasteiger partial charge >= 0.3 is 5.97 Å². The molecule has 190 valence electrons. The van der Waals surface area contributed by atoms with Crippen molar-refractivity contribution in [2.45, 2.75) is 98.4 Å². The molecule has 7 heteroatoms. The van der Waals surface area contributed by atoms with Crippen molar-refractivity contribution in [3.63, 3.8) is 0 Å². The van der Waals surface area contributed by atoms with Crippen LogP contribution in [0.2, 0.25) is 0 Å². The van der Waals surface area contributed by atoms with Gasteiger partial charge in [-0.15, -0.1) is 11.3 Å². The zero-order chi connectivity index (χ0) is 25.2. The number of aliphatic hydroxyl groups excluding tert-OH is 2. The summed E-state index contributed by atoms with van der Waals surface area (Å²) in [5.41, 5.74) is 0.639. The number of ketones is 1. The third-order valence-electron chi connectivity index (χ3n) is 7.95. The maximum absolute atomic E-state index is 13.2. The van der Waals surface area contributed by atoms with E-state index in [2.05, 4.69) is 4.98 Å². The fourth-order valence-corrected chi connectivity index (χ4v) is 5.79. The lowest BCUT2D eigenvalue weighted by atomic mass is 9.73. The number of Topliss-reactive ketones (excluding diaryl/α,β-unsaturated/α-hetero) is 1. The normalized spacial score (nSPS) is 36.0. The maximum Gasteiger partial charge on any atom is 0.309 e. The van der Waals surface area contributed by atoms with Gasteiger partial charge in [-0.05, 0) is 62.5 Å². The Morgan fingerprint density at radius 1 is 1.18 bits per heavy atom. The fourth-order valence-electron chi connectivity index (χ4n) is 5.22. The minimum atomic E-state index is -1.19. The molecule has 0 radical (unpaired) electrons. The Morgan fingerprint density at radius 2 is 1.88 bits per heavy atom. The molecule has 1 aliphatic carbocycles. The SMILES string of the molecule is C/C(=C\c1csc(C)n1)C1C[C@@H]2C[C@H]2CCC[C@H](C)[C@H](O)[C@@H](C)C(=O)C(C)(C)[C@@H](O)CC(=O)O1. The predicted molar refractivity (Wildman–Crippen MR) is 134 cm³/mol. The lowest BCUT2D eigenvalue weighted by molar-refractivity contribution is -0.154. The van der Waals surface area contributed by atoms with Crippen LogP contribution in [0.4, 0.5) is 0 Å². The van der Waals surface area contributed by atoms with E-state index in [-0.39, 0.29) is 24.2 Å². The van der Waals surface area contributed by atoms with E-state index in [4.69, 9.17) is 4.74 Å². The highest BCUT2D eigenvalue weighted by Crippen LogP contribution is 2.47. The zero-order valence-electron chi connectivity index (χ0n) is 21.4.